The lowest BCUT2D eigenvalue weighted by molar-refractivity contribution is -0.138. The Labute approximate surface area is 229 Å². The van der Waals surface area contributed by atoms with Crippen LogP contribution in [0.25, 0.3) is 21.9 Å². The largest absolute Gasteiger partial charge is 0.494 e. The molecule has 0 fully saturated rings. The Morgan fingerprint density at radius 3 is 2.15 bits per heavy atom. The van der Waals surface area contributed by atoms with Gasteiger partial charge < -0.3 is 14.6 Å². The van der Waals surface area contributed by atoms with Gasteiger partial charge in [-0.1, -0.05) is 74.4 Å². The molecule has 1 unspecified atom stereocenters. The molecule has 4 aromatic rings. The maximum atomic E-state index is 12.8. The highest BCUT2D eigenvalue weighted by Crippen LogP contribution is 2.29. The van der Waals surface area contributed by atoms with E-state index in [1.807, 2.05) is 60.7 Å². The molecule has 39 heavy (non-hydrogen) atoms. The lowest BCUT2D eigenvalue weighted by Gasteiger charge is -2.13. The van der Waals surface area contributed by atoms with Crippen molar-refractivity contribution in [2.45, 2.75) is 44.9 Å². The second kappa shape index (κ2) is 13.4. The first kappa shape index (κ1) is 27.6. The molecule has 0 aliphatic carbocycles. The number of carboxylic acid groups (broad SMARTS) is 1. The van der Waals surface area contributed by atoms with Crippen LogP contribution < -0.4 is 9.47 Å². The van der Waals surface area contributed by atoms with E-state index in [2.05, 4.69) is 13.5 Å². The van der Waals surface area contributed by atoms with E-state index in [1.54, 1.807) is 30.3 Å². The Balaban J connectivity index is 1.40. The van der Waals surface area contributed by atoms with Crippen LogP contribution in [-0.2, 0) is 4.79 Å². The van der Waals surface area contributed by atoms with Crippen LogP contribution in [0.4, 0.5) is 0 Å². The zero-order valence-electron chi connectivity index (χ0n) is 22.3. The molecule has 4 rings (SSSR count). The summed E-state index contributed by atoms with van der Waals surface area (Å²) >= 11 is 0. The molecule has 0 aromatic heterocycles. The zero-order chi connectivity index (χ0) is 27.6. The smallest absolute Gasteiger partial charge is 0.343 e. The average molecular weight is 523 g/mol. The molecule has 200 valence electrons. The predicted octanol–water partition coefficient (Wildman–Crippen LogP) is 8.43. The Morgan fingerprint density at radius 2 is 1.49 bits per heavy atom. The number of hydrogen-bond donors (Lipinski definition) is 1. The number of rotatable bonds is 13. The average Bonchev–Trinajstić information content (AvgIpc) is 2.96. The van der Waals surface area contributed by atoms with E-state index in [0.717, 1.165) is 46.2 Å². The molecule has 0 saturated heterocycles. The number of allylic oxidation sites excluding steroid dienone is 1. The first-order valence-electron chi connectivity index (χ1n) is 13.4. The summed E-state index contributed by atoms with van der Waals surface area (Å²) in [6.07, 6.45) is 6.25. The molecule has 0 amide bonds. The predicted molar refractivity (Wildman–Crippen MR) is 156 cm³/mol. The number of aliphatic carboxylic acids is 1. The van der Waals surface area contributed by atoms with Crippen LogP contribution in [0.2, 0.25) is 0 Å². The van der Waals surface area contributed by atoms with Crippen molar-refractivity contribution in [1.82, 2.24) is 0 Å². The number of carboxylic acids is 1. The van der Waals surface area contributed by atoms with E-state index in [0.29, 0.717) is 24.2 Å². The van der Waals surface area contributed by atoms with Crippen molar-refractivity contribution >= 4 is 22.7 Å². The Hall–Kier alpha value is -4.38. The first-order valence-corrected chi connectivity index (χ1v) is 13.4. The molecule has 0 spiro atoms. The van der Waals surface area contributed by atoms with E-state index >= 15 is 0 Å². The molecule has 1 N–H and O–H groups in total. The van der Waals surface area contributed by atoms with Crippen molar-refractivity contribution in [1.29, 1.82) is 0 Å². The van der Waals surface area contributed by atoms with Crippen molar-refractivity contribution in [2.75, 3.05) is 6.61 Å². The van der Waals surface area contributed by atoms with Gasteiger partial charge in [0.1, 0.15) is 11.5 Å². The van der Waals surface area contributed by atoms with Gasteiger partial charge in [-0.05, 0) is 83.1 Å². The number of hydrogen-bond acceptors (Lipinski definition) is 4. The molecule has 0 saturated carbocycles. The van der Waals surface area contributed by atoms with Crippen LogP contribution in [0.15, 0.2) is 97.6 Å². The van der Waals surface area contributed by atoms with E-state index in [9.17, 15) is 14.7 Å². The first-order chi connectivity index (χ1) is 19.0. The standard InChI is InChI=1S/C34H34O5/c1-3-5-7-21-38-30-18-15-25(16-19-30)24-9-11-26(12-10-24)34(37)39-31-20-17-27-22-29(14-13-28(27)23-31)32(33(35)36)8-6-4-2/h4,9-20,22-23,32H,2-3,5-8,21H2,1H3,(H,35,36). The van der Waals surface area contributed by atoms with Crippen molar-refractivity contribution in [3.05, 3.63) is 109 Å². The van der Waals surface area contributed by atoms with Crippen LogP contribution in [0.3, 0.4) is 0 Å². The third-order valence-corrected chi connectivity index (χ3v) is 6.73. The minimum atomic E-state index is -0.850. The number of esters is 1. The van der Waals surface area contributed by atoms with Gasteiger partial charge in [-0.15, -0.1) is 6.58 Å². The van der Waals surface area contributed by atoms with E-state index in [-0.39, 0.29) is 0 Å². The molecule has 0 heterocycles. The lowest BCUT2D eigenvalue weighted by Crippen LogP contribution is -2.11. The normalized spacial score (nSPS) is 11.6. The number of ether oxygens (including phenoxy) is 2. The summed E-state index contributed by atoms with van der Waals surface area (Å²) in [6, 6.07) is 26.2. The quantitative estimate of drug-likeness (QED) is 0.0825. The summed E-state index contributed by atoms with van der Waals surface area (Å²) in [7, 11) is 0. The molecule has 0 radical (unpaired) electrons. The number of carbonyl (C=O) groups is 2. The van der Waals surface area contributed by atoms with Gasteiger partial charge in [0.25, 0.3) is 0 Å². The topological polar surface area (TPSA) is 72.8 Å². The number of unbranched alkanes of at least 4 members (excludes halogenated alkanes) is 2. The maximum Gasteiger partial charge on any atom is 0.343 e. The van der Waals surface area contributed by atoms with Crippen molar-refractivity contribution < 1.29 is 24.2 Å². The summed E-state index contributed by atoms with van der Waals surface area (Å²) in [5.41, 5.74) is 3.24. The SMILES string of the molecule is C=CCCC(C(=O)O)c1ccc2cc(OC(=O)c3ccc(-c4ccc(OCCCCC)cc4)cc3)ccc2c1. The fourth-order valence-corrected chi connectivity index (χ4v) is 4.49. The van der Waals surface area contributed by atoms with Crippen LogP contribution in [0, 0.1) is 0 Å². The van der Waals surface area contributed by atoms with Gasteiger partial charge in [-0.25, -0.2) is 4.79 Å². The molecule has 5 heteroatoms. The molecular weight excluding hydrogens is 488 g/mol. The van der Waals surface area contributed by atoms with Gasteiger partial charge in [0, 0.05) is 0 Å². The Kier molecular flexibility index (Phi) is 9.52. The number of benzene rings is 4. The molecule has 4 aromatic carbocycles. The summed E-state index contributed by atoms with van der Waals surface area (Å²) < 4.78 is 11.4. The number of fused-ring (bicyclic) bond motifs is 1. The second-order valence-electron chi connectivity index (χ2n) is 9.57. The zero-order valence-corrected chi connectivity index (χ0v) is 22.3. The van der Waals surface area contributed by atoms with Crippen LogP contribution in [0.1, 0.15) is 60.9 Å². The van der Waals surface area contributed by atoms with E-state index in [1.165, 1.54) is 12.8 Å². The molecule has 0 aliphatic heterocycles. The van der Waals surface area contributed by atoms with Gasteiger partial charge in [-0.2, -0.15) is 0 Å². The van der Waals surface area contributed by atoms with Gasteiger partial charge in [0.2, 0.25) is 0 Å². The minimum Gasteiger partial charge on any atom is -0.494 e. The van der Waals surface area contributed by atoms with Crippen LogP contribution >= 0.6 is 0 Å². The molecule has 5 nitrogen and oxygen atoms in total. The summed E-state index contributed by atoms with van der Waals surface area (Å²) in [5, 5.41) is 11.4. The maximum absolute atomic E-state index is 12.8. The van der Waals surface area contributed by atoms with Gasteiger partial charge >= 0.3 is 11.9 Å². The fraction of sp³-hybridized carbons (Fsp3) is 0.235. The van der Waals surface area contributed by atoms with Crippen molar-refractivity contribution in [2.24, 2.45) is 0 Å². The van der Waals surface area contributed by atoms with Gasteiger partial charge in [0.15, 0.2) is 0 Å². The van der Waals surface area contributed by atoms with Crippen LogP contribution in [0.5, 0.6) is 11.5 Å². The van der Waals surface area contributed by atoms with Gasteiger partial charge in [0.05, 0.1) is 18.1 Å². The molecular formula is C34H34O5. The molecule has 1 atom stereocenters. The minimum absolute atomic E-state index is 0.431. The summed E-state index contributed by atoms with van der Waals surface area (Å²) in [5.74, 6) is -0.591. The molecule has 0 aliphatic rings. The summed E-state index contributed by atoms with van der Waals surface area (Å²) in [4.78, 5) is 24.5. The third-order valence-electron chi connectivity index (χ3n) is 6.73. The van der Waals surface area contributed by atoms with Gasteiger partial charge in [-0.3, -0.25) is 4.79 Å². The van der Waals surface area contributed by atoms with Crippen molar-refractivity contribution in [3.63, 3.8) is 0 Å². The highest BCUT2D eigenvalue weighted by atomic mass is 16.5. The molecule has 0 bridgehead atoms. The summed E-state index contributed by atoms with van der Waals surface area (Å²) in [6.45, 7) is 6.58. The van der Waals surface area contributed by atoms with E-state index < -0.39 is 17.9 Å². The van der Waals surface area contributed by atoms with Crippen LogP contribution in [-0.4, -0.2) is 23.7 Å². The number of carbonyl (C=O) groups excluding carboxylic acids is 1. The van der Waals surface area contributed by atoms with Crippen molar-refractivity contribution in [3.8, 4) is 22.6 Å². The monoisotopic (exact) mass is 522 g/mol. The third kappa shape index (κ3) is 7.35. The Bertz CT molecular complexity index is 1420. The highest BCUT2D eigenvalue weighted by Gasteiger charge is 2.19. The fourth-order valence-electron chi connectivity index (χ4n) is 4.49. The lowest BCUT2D eigenvalue weighted by atomic mass is 9.92. The van der Waals surface area contributed by atoms with E-state index in [4.69, 9.17) is 9.47 Å². The second-order valence-corrected chi connectivity index (χ2v) is 9.57. The Morgan fingerprint density at radius 1 is 0.846 bits per heavy atom. The highest BCUT2D eigenvalue weighted by molar-refractivity contribution is 5.93.